The van der Waals surface area contributed by atoms with Crippen LogP contribution in [0.25, 0.3) is 11.5 Å². The number of rotatable bonds is 2. The van der Waals surface area contributed by atoms with Crippen LogP contribution in [0.5, 0.6) is 0 Å². The third kappa shape index (κ3) is 2.86. The van der Waals surface area contributed by atoms with Crippen molar-refractivity contribution >= 4 is 23.5 Å². The molecule has 2 aromatic rings. The first-order valence-electron chi connectivity index (χ1n) is 8.27. The standard InChI is InChI=1S/C22H16O4/c1-13-3-7-15(8-4-13)19-11-17(21(23)25-19)18-12-20(26-22(18)24)16-9-5-14(2)6-10-16/h3-12H,1-2H3/b18-17+. The van der Waals surface area contributed by atoms with E-state index in [1.54, 1.807) is 12.2 Å². The molecule has 4 rings (SSSR count). The van der Waals surface area contributed by atoms with Crippen LogP contribution in [0.4, 0.5) is 0 Å². The van der Waals surface area contributed by atoms with Gasteiger partial charge in [-0.2, -0.15) is 0 Å². The third-order valence-corrected chi connectivity index (χ3v) is 4.36. The van der Waals surface area contributed by atoms with E-state index < -0.39 is 11.9 Å². The molecule has 0 N–H and O–H groups in total. The smallest absolute Gasteiger partial charge is 0.344 e. The predicted octanol–water partition coefficient (Wildman–Crippen LogP) is 4.10. The number of hydrogen-bond acceptors (Lipinski definition) is 4. The molecule has 0 fully saturated rings. The van der Waals surface area contributed by atoms with E-state index >= 15 is 0 Å². The Kier molecular flexibility index (Phi) is 3.81. The van der Waals surface area contributed by atoms with Crippen LogP contribution in [0, 0.1) is 13.8 Å². The summed E-state index contributed by atoms with van der Waals surface area (Å²) >= 11 is 0. The Morgan fingerprint density at radius 3 is 1.27 bits per heavy atom. The molecule has 26 heavy (non-hydrogen) atoms. The first-order valence-corrected chi connectivity index (χ1v) is 8.27. The van der Waals surface area contributed by atoms with Crippen molar-refractivity contribution in [1.82, 2.24) is 0 Å². The molecule has 0 aliphatic carbocycles. The number of cyclic esters (lactones) is 2. The van der Waals surface area contributed by atoms with Gasteiger partial charge in [0, 0.05) is 11.1 Å². The van der Waals surface area contributed by atoms with Crippen molar-refractivity contribution in [2.45, 2.75) is 13.8 Å². The Hall–Kier alpha value is -3.40. The molecule has 2 aliphatic heterocycles. The van der Waals surface area contributed by atoms with E-state index in [1.165, 1.54) is 0 Å². The summed E-state index contributed by atoms with van der Waals surface area (Å²) in [6.45, 7) is 3.97. The second kappa shape index (κ2) is 6.15. The summed E-state index contributed by atoms with van der Waals surface area (Å²) in [5.74, 6) is -0.229. The number of ether oxygens (including phenoxy) is 2. The van der Waals surface area contributed by atoms with Gasteiger partial charge >= 0.3 is 11.9 Å². The fourth-order valence-corrected chi connectivity index (χ4v) is 2.84. The van der Waals surface area contributed by atoms with Gasteiger partial charge in [-0.25, -0.2) is 9.59 Å². The van der Waals surface area contributed by atoms with Gasteiger partial charge in [0.15, 0.2) is 0 Å². The van der Waals surface area contributed by atoms with E-state index in [-0.39, 0.29) is 11.1 Å². The van der Waals surface area contributed by atoms with Gasteiger partial charge in [-0.05, 0) is 26.0 Å². The zero-order valence-electron chi connectivity index (χ0n) is 14.4. The van der Waals surface area contributed by atoms with E-state index in [4.69, 9.17) is 9.47 Å². The first kappa shape index (κ1) is 16.1. The molecule has 128 valence electrons. The summed E-state index contributed by atoms with van der Waals surface area (Å²) in [6.07, 6.45) is 3.19. The summed E-state index contributed by atoms with van der Waals surface area (Å²) in [7, 11) is 0. The molecule has 0 saturated heterocycles. The topological polar surface area (TPSA) is 52.6 Å². The van der Waals surface area contributed by atoms with Gasteiger partial charge in [-0.3, -0.25) is 0 Å². The molecule has 2 aromatic carbocycles. The lowest BCUT2D eigenvalue weighted by atomic mass is 10.1. The predicted molar refractivity (Wildman–Crippen MR) is 97.5 cm³/mol. The number of carbonyl (C=O) groups is 2. The Bertz CT molecular complexity index is 920. The van der Waals surface area contributed by atoms with E-state index in [0.717, 1.165) is 22.3 Å². The van der Waals surface area contributed by atoms with Crippen molar-refractivity contribution < 1.29 is 19.1 Å². The molecule has 4 heteroatoms. The van der Waals surface area contributed by atoms with Crippen molar-refractivity contribution in [3.8, 4) is 0 Å². The monoisotopic (exact) mass is 344 g/mol. The lowest BCUT2D eigenvalue weighted by Crippen LogP contribution is -2.05. The van der Waals surface area contributed by atoms with Crippen LogP contribution in [-0.2, 0) is 19.1 Å². The van der Waals surface area contributed by atoms with Gasteiger partial charge in [-0.1, -0.05) is 59.7 Å². The second-order valence-electron chi connectivity index (χ2n) is 6.36. The van der Waals surface area contributed by atoms with Gasteiger partial charge in [0.2, 0.25) is 0 Å². The van der Waals surface area contributed by atoms with Crippen LogP contribution in [0.1, 0.15) is 22.3 Å². The van der Waals surface area contributed by atoms with Crippen LogP contribution < -0.4 is 0 Å². The first-order chi connectivity index (χ1) is 12.5. The highest BCUT2D eigenvalue weighted by Gasteiger charge is 2.32. The molecule has 0 amide bonds. The van der Waals surface area contributed by atoms with Crippen LogP contribution in [0.2, 0.25) is 0 Å². The summed E-state index contributed by atoms with van der Waals surface area (Å²) in [5, 5.41) is 0. The maximum atomic E-state index is 12.3. The highest BCUT2D eigenvalue weighted by molar-refractivity contribution is 6.12. The SMILES string of the molecule is Cc1ccc(C2=C/C(=C3/C=C(c4ccc(C)cc4)OC3=O)C(=O)O2)cc1. The fraction of sp³-hybridized carbons (Fsp3) is 0.0909. The second-order valence-corrected chi connectivity index (χ2v) is 6.36. The van der Waals surface area contributed by atoms with Gasteiger partial charge < -0.3 is 9.47 Å². The van der Waals surface area contributed by atoms with Gasteiger partial charge in [-0.15, -0.1) is 0 Å². The van der Waals surface area contributed by atoms with E-state index in [2.05, 4.69) is 0 Å². The Morgan fingerprint density at radius 1 is 0.577 bits per heavy atom. The lowest BCUT2D eigenvalue weighted by molar-refractivity contribution is -0.133. The highest BCUT2D eigenvalue weighted by Crippen LogP contribution is 2.33. The average molecular weight is 344 g/mol. The van der Waals surface area contributed by atoms with Crippen molar-refractivity contribution in [3.05, 3.63) is 94.1 Å². The summed E-state index contributed by atoms with van der Waals surface area (Å²) in [6, 6.07) is 15.3. The minimum Gasteiger partial charge on any atom is -0.422 e. The zero-order chi connectivity index (χ0) is 18.3. The molecule has 4 nitrogen and oxygen atoms in total. The summed E-state index contributed by atoms with van der Waals surface area (Å²) in [5.41, 5.74) is 4.23. The normalized spacial score (nSPS) is 19.2. The largest absolute Gasteiger partial charge is 0.422 e. The van der Waals surface area contributed by atoms with Crippen LogP contribution in [0.15, 0.2) is 71.8 Å². The highest BCUT2D eigenvalue weighted by atomic mass is 16.5. The number of hydrogen-bond donors (Lipinski definition) is 0. The molecule has 0 saturated carbocycles. The Morgan fingerprint density at radius 2 is 0.923 bits per heavy atom. The molecular weight excluding hydrogens is 328 g/mol. The van der Waals surface area contributed by atoms with Crippen molar-refractivity contribution in [2.24, 2.45) is 0 Å². The maximum absolute atomic E-state index is 12.3. The number of esters is 2. The van der Waals surface area contributed by atoms with E-state index in [0.29, 0.717) is 11.5 Å². The van der Waals surface area contributed by atoms with E-state index in [1.807, 2.05) is 62.4 Å². The molecule has 2 heterocycles. The Labute approximate surface area is 151 Å². The number of benzene rings is 2. The van der Waals surface area contributed by atoms with Gasteiger partial charge in [0.25, 0.3) is 0 Å². The fourth-order valence-electron chi connectivity index (χ4n) is 2.84. The Balaban J connectivity index is 1.73. The lowest BCUT2D eigenvalue weighted by Gasteiger charge is -2.01. The van der Waals surface area contributed by atoms with Crippen LogP contribution >= 0.6 is 0 Å². The molecule has 0 bridgehead atoms. The number of aryl methyl sites for hydroxylation is 2. The molecule has 0 unspecified atom stereocenters. The van der Waals surface area contributed by atoms with Crippen molar-refractivity contribution in [3.63, 3.8) is 0 Å². The van der Waals surface area contributed by atoms with Crippen molar-refractivity contribution in [2.75, 3.05) is 0 Å². The number of carbonyl (C=O) groups excluding carboxylic acids is 2. The zero-order valence-corrected chi connectivity index (χ0v) is 14.4. The molecule has 2 aliphatic rings. The molecule has 0 atom stereocenters. The van der Waals surface area contributed by atoms with Crippen LogP contribution in [-0.4, -0.2) is 11.9 Å². The summed E-state index contributed by atoms with van der Waals surface area (Å²) in [4.78, 5) is 24.6. The molecular formula is C22H16O4. The maximum Gasteiger partial charge on any atom is 0.344 e. The summed E-state index contributed by atoms with van der Waals surface area (Å²) < 4.78 is 10.7. The molecule has 0 radical (unpaired) electrons. The van der Waals surface area contributed by atoms with Crippen molar-refractivity contribution in [1.29, 1.82) is 0 Å². The molecule has 0 aromatic heterocycles. The minimum absolute atomic E-state index is 0.215. The van der Waals surface area contributed by atoms with Gasteiger partial charge in [0.05, 0.1) is 11.1 Å². The van der Waals surface area contributed by atoms with E-state index in [9.17, 15) is 9.59 Å². The minimum atomic E-state index is -0.547. The third-order valence-electron chi connectivity index (χ3n) is 4.36. The quantitative estimate of drug-likeness (QED) is 0.608. The average Bonchev–Trinajstić information content (AvgIpc) is 3.19. The van der Waals surface area contributed by atoms with Crippen LogP contribution in [0.3, 0.4) is 0 Å². The molecule has 0 spiro atoms. The van der Waals surface area contributed by atoms with Gasteiger partial charge in [0.1, 0.15) is 11.5 Å².